The molecule has 0 saturated carbocycles. The number of rotatable bonds is 2. The van der Waals surface area contributed by atoms with E-state index in [0.29, 0.717) is 0 Å². The summed E-state index contributed by atoms with van der Waals surface area (Å²) in [6.07, 6.45) is 1.44. The summed E-state index contributed by atoms with van der Waals surface area (Å²) in [4.78, 5) is 13.3. The van der Waals surface area contributed by atoms with Crippen molar-refractivity contribution < 1.29 is 10.0 Å². The highest BCUT2D eigenvalue weighted by Crippen LogP contribution is 2.26. The Balaban J connectivity index is 3.19. The molecule has 1 rings (SSSR count). The fourth-order valence-electron chi connectivity index (χ4n) is 0.912. The normalized spacial score (nSPS) is 10.4. The zero-order valence-electron chi connectivity index (χ0n) is 7.39. The lowest BCUT2D eigenvalue weighted by atomic mass is 10.1. The van der Waals surface area contributed by atoms with Gasteiger partial charge in [0, 0.05) is 12.3 Å². The van der Waals surface area contributed by atoms with Gasteiger partial charge in [-0.3, -0.25) is 10.1 Å². The van der Waals surface area contributed by atoms with Gasteiger partial charge < -0.3 is 5.11 Å². The maximum atomic E-state index is 10.4. The second-order valence-electron chi connectivity index (χ2n) is 3.02. The third-order valence-electron chi connectivity index (χ3n) is 1.73. The van der Waals surface area contributed by atoms with Crippen LogP contribution >= 0.6 is 0 Å². The Morgan fingerprint density at radius 2 is 2.23 bits per heavy atom. The molecule has 1 N–H and O–H groups in total. The van der Waals surface area contributed by atoms with E-state index in [0.717, 1.165) is 5.56 Å². The van der Waals surface area contributed by atoms with Crippen molar-refractivity contribution in [1.82, 2.24) is 4.98 Å². The maximum absolute atomic E-state index is 10.4. The van der Waals surface area contributed by atoms with Crippen LogP contribution in [0.4, 0.5) is 5.69 Å². The first-order chi connectivity index (χ1) is 6.02. The van der Waals surface area contributed by atoms with E-state index in [9.17, 15) is 10.1 Å². The first-order valence-electron chi connectivity index (χ1n) is 3.85. The summed E-state index contributed by atoms with van der Waals surface area (Å²) >= 11 is 0. The van der Waals surface area contributed by atoms with Gasteiger partial charge >= 0.3 is 5.69 Å². The summed E-state index contributed by atoms with van der Waals surface area (Å²) < 4.78 is 0. The molecular weight excluding hydrogens is 172 g/mol. The van der Waals surface area contributed by atoms with Crippen LogP contribution in [0.15, 0.2) is 12.3 Å². The van der Waals surface area contributed by atoms with E-state index in [-0.39, 0.29) is 11.6 Å². The molecular formula is C8H10N2O3. The number of nitrogens with zero attached hydrogens (tertiary/aromatic N) is 2. The zero-order chi connectivity index (χ0) is 10.0. The molecule has 13 heavy (non-hydrogen) atoms. The smallest absolute Gasteiger partial charge is 0.331 e. The topological polar surface area (TPSA) is 76.3 Å². The largest absolute Gasteiger partial charge is 0.488 e. The van der Waals surface area contributed by atoms with Crippen molar-refractivity contribution in [1.29, 1.82) is 0 Å². The lowest BCUT2D eigenvalue weighted by molar-refractivity contribution is -0.386. The van der Waals surface area contributed by atoms with Crippen LogP contribution in [0.1, 0.15) is 25.3 Å². The summed E-state index contributed by atoms with van der Waals surface area (Å²) in [6.45, 7) is 3.80. The summed E-state index contributed by atoms with van der Waals surface area (Å²) in [5.74, 6) is -0.374. The van der Waals surface area contributed by atoms with Gasteiger partial charge in [-0.05, 0) is 11.5 Å². The lowest BCUT2D eigenvalue weighted by Crippen LogP contribution is -1.94. The molecule has 0 spiro atoms. The van der Waals surface area contributed by atoms with Gasteiger partial charge in [0.25, 0.3) is 5.88 Å². The van der Waals surface area contributed by atoms with Crippen LogP contribution in [0.3, 0.4) is 0 Å². The molecule has 0 aliphatic rings. The monoisotopic (exact) mass is 182 g/mol. The van der Waals surface area contributed by atoms with Gasteiger partial charge in [-0.25, -0.2) is 4.98 Å². The highest BCUT2D eigenvalue weighted by atomic mass is 16.6. The van der Waals surface area contributed by atoms with Crippen LogP contribution in [0.5, 0.6) is 5.88 Å². The summed E-state index contributed by atoms with van der Waals surface area (Å²) in [7, 11) is 0. The molecule has 5 heteroatoms. The SMILES string of the molecule is CC(C)c1cnc(O)c([N+](=O)[O-])c1. The fraction of sp³-hybridized carbons (Fsp3) is 0.375. The van der Waals surface area contributed by atoms with Gasteiger partial charge in [0.2, 0.25) is 0 Å². The third-order valence-corrected chi connectivity index (χ3v) is 1.73. The molecule has 0 saturated heterocycles. The number of pyridine rings is 1. The van der Waals surface area contributed by atoms with Crippen molar-refractivity contribution in [2.75, 3.05) is 0 Å². The van der Waals surface area contributed by atoms with E-state index in [4.69, 9.17) is 5.11 Å². The molecule has 0 aliphatic carbocycles. The molecule has 0 bridgehead atoms. The van der Waals surface area contributed by atoms with Crippen molar-refractivity contribution in [3.05, 3.63) is 27.9 Å². The second kappa shape index (κ2) is 3.38. The number of nitro groups is 1. The van der Waals surface area contributed by atoms with Crippen molar-refractivity contribution in [2.45, 2.75) is 19.8 Å². The lowest BCUT2D eigenvalue weighted by Gasteiger charge is -2.03. The van der Waals surface area contributed by atoms with Crippen LogP contribution in [0.25, 0.3) is 0 Å². The molecule has 0 radical (unpaired) electrons. The predicted molar refractivity (Wildman–Crippen MR) is 46.6 cm³/mol. The first-order valence-corrected chi connectivity index (χ1v) is 3.85. The van der Waals surface area contributed by atoms with Crippen molar-refractivity contribution >= 4 is 5.69 Å². The molecule has 0 aliphatic heterocycles. The Bertz CT molecular complexity index is 336. The van der Waals surface area contributed by atoms with Gasteiger partial charge in [-0.1, -0.05) is 13.8 Å². The highest BCUT2D eigenvalue weighted by molar-refractivity contribution is 5.42. The summed E-state index contributed by atoms with van der Waals surface area (Å²) in [5.41, 5.74) is 0.399. The van der Waals surface area contributed by atoms with E-state index in [1.807, 2.05) is 13.8 Å². The van der Waals surface area contributed by atoms with Crippen molar-refractivity contribution in [3.8, 4) is 5.88 Å². The van der Waals surface area contributed by atoms with Gasteiger partial charge in [0.15, 0.2) is 0 Å². The van der Waals surface area contributed by atoms with E-state index in [1.54, 1.807) is 0 Å². The number of hydrogen-bond donors (Lipinski definition) is 1. The highest BCUT2D eigenvalue weighted by Gasteiger charge is 2.16. The summed E-state index contributed by atoms with van der Waals surface area (Å²) in [5, 5.41) is 19.4. The number of aromatic hydroxyl groups is 1. The predicted octanol–water partition coefficient (Wildman–Crippen LogP) is 1.82. The van der Waals surface area contributed by atoms with Crippen molar-refractivity contribution in [3.63, 3.8) is 0 Å². The van der Waals surface area contributed by atoms with E-state index < -0.39 is 10.8 Å². The molecule has 1 heterocycles. The summed E-state index contributed by atoms with van der Waals surface area (Å²) in [6, 6.07) is 1.34. The average Bonchev–Trinajstić information content (AvgIpc) is 2.04. The molecule has 0 atom stereocenters. The van der Waals surface area contributed by atoms with E-state index in [2.05, 4.69) is 4.98 Å². The number of aromatic nitrogens is 1. The second-order valence-corrected chi connectivity index (χ2v) is 3.02. The fourth-order valence-corrected chi connectivity index (χ4v) is 0.912. The molecule has 1 aromatic rings. The molecule has 0 fully saturated rings. The van der Waals surface area contributed by atoms with E-state index in [1.165, 1.54) is 12.3 Å². The Morgan fingerprint density at radius 1 is 1.62 bits per heavy atom. The van der Waals surface area contributed by atoms with Gasteiger partial charge in [-0.2, -0.15) is 0 Å². The Kier molecular flexibility index (Phi) is 2.46. The molecule has 5 nitrogen and oxygen atoms in total. The Hall–Kier alpha value is -1.65. The molecule has 0 aromatic carbocycles. The quantitative estimate of drug-likeness (QED) is 0.559. The first kappa shape index (κ1) is 9.44. The van der Waals surface area contributed by atoms with Crippen molar-refractivity contribution in [2.24, 2.45) is 0 Å². The van der Waals surface area contributed by atoms with Gasteiger partial charge in [0.05, 0.1) is 4.92 Å². The minimum absolute atomic E-state index is 0.159. The van der Waals surface area contributed by atoms with Crippen LogP contribution in [-0.4, -0.2) is 15.0 Å². The van der Waals surface area contributed by atoms with Gasteiger partial charge in [-0.15, -0.1) is 0 Å². The maximum Gasteiger partial charge on any atom is 0.331 e. The Labute approximate surface area is 75.2 Å². The van der Waals surface area contributed by atoms with Crippen LogP contribution in [0, 0.1) is 10.1 Å². The van der Waals surface area contributed by atoms with E-state index >= 15 is 0 Å². The average molecular weight is 182 g/mol. The molecule has 70 valence electrons. The third kappa shape index (κ3) is 1.93. The van der Waals surface area contributed by atoms with Crippen LogP contribution in [0.2, 0.25) is 0 Å². The zero-order valence-corrected chi connectivity index (χ0v) is 7.39. The van der Waals surface area contributed by atoms with Crippen LogP contribution < -0.4 is 0 Å². The Morgan fingerprint density at radius 3 is 2.69 bits per heavy atom. The van der Waals surface area contributed by atoms with Crippen LogP contribution in [-0.2, 0) is 0 Å². The number of hydrogen-bond acceptors (Lipinski definition) is 4. The minimum Gasteiger partial charge on any atom is -0.488 e. The molecule has 0 amide bonds. The standard InChI is InChI=1S/C8H10N2O3/c1-5(2)6-3-7(10(12)13)8(11)9-4-6/h3-5H,1-2H3,(H,9,11). The molecule has 0 unspecified atom stereocenters. The molecule has 1 aromatic heterocycles. The minimum atomic E-state index is -0.645. The van der Waals surface area contributed by atoms with Gasteiger partial charge in [0.1, 0.15) is 0 Å².